The third-order valence-electron chi connectivity index (χ3n) is 3.64. The molecule has 0 atom stereocenters. The van der Waals surface area contributed by atoms with Crippen molar-refractivity contribution in [3.05, 3.63) is 36.2 Å². The Kier molecular flexibility index (Phi) is 5.33. The highest BCUT2D eigenvalue weighted by molar-refractivity contribution is 7.99. The van der Waals surface area contributed by atoms with Gasteiger partial charge in [-0.25, -0.2) is 9.67 Å². The van der Waals surface area contributed by atoms with E-state index in [1.165, 1.54) is 11.8 Å². The molecule has 1 aromatic carbocycles. The third-order valence-corrected chi connectivity index (χ3v) is 4.45. The molecule has 5 nitrogen and oxygen atoms in total. The predicted octanol–water partition coefficient (Wildman–Crippen LogP) is 3.58. The Morgan fingerprint density at radius 3 is 2.83 bits per heavy atom. The molecule has 1 saturated carbocycles. The molecule has 0 N–H and O–H groups in total. The predicted molar refractivity (Wildman–Crippen MR) is 89.9 cm³/mol. The average Bonchev–Trinajstić information content (AvgIpc) is 3.34. The lowest BCUT2D eigenvalue weighted by Crippen LogP contribution is -2.08. The molecule has 1 aliphatic rings. The molecule has 0 spiro atoms. The van der Waals surface area contributed by atoms with E-state index in [0.717, 1.165) is 37.2 Å². The lowest BCUT2D eigenvalue weighted by molar-refractivity contribution is -0.140. The second-order valence-electron chi connectivity index (χ2n) is 5.64. The van der Waals surface area contributed by atoms with Crippen molar-refractivity contribution in [2.75, 3.05) is 12.4 Å². The van der Waals surface area contributed by atoms with E-state index in [1.807, 2.05) is 35.0 Å². The fourth-order valence-corrected chi connectivity index (χ4v) is 2.85. The van der Waals surface area contributed by atoms with Gasteiger partial charge in [0.05, 0.1) is 18.0 Å². The van der Waals surface area contributed by atoms with Gasteiger partial charge in [0.15, 0.2) is 0 Å². The first-order valence-corrected chi connectivity index (χ1v) is 9.07. The largest absolute Gasteiger partial charge is 0.465 e. The molecule has 3 rings (SSSR count). The van der Waals surface area contributed by atoms with Gasteiger partial charge in [0.25, 0.3) is 0 Å². The summed E-state index contributed by atoms with van der Waals surface area (Å²) in [6, 6.07) is 10.0. The smallest absolute Gasteiger partial charge is 0.316 e. The van der Waals surface area contributed by atoms with Crippen molar-refractivity contribution in [2.24, 2.45) is 0 Å². The van der Waals surface area contributed by atoms with Crippen LogP contribution in [0.2, 0.25) is 0 Å². The number of ether oxygens (including phenoxy) is 1. The van der Waals surface area contributed by atoms with Crippen molar-refractivity contribution in [2.45, 2.75) is 43.7 Å². The summed E-state index contributed by atoms with van der Waals surface area (Å²) in [6.45, 7) is 2.57. The lowest BCUT2D eigenvalue weighted by Gasteiger charge is -2.03. The maximum atomic E-state index is 11.7. The highest BCUT2D eigenvalue weighted by Gasteiger charge is 2.30. The monoisotopic (exact) mass is 331 g/mol. The van der Waals surface area contributed by atoms with Crippen LogP contribution < -0.4 is 0 Å². The van der Waals surface area contributed by atoms with E-state index in [0.29, 0.717) is 17.7 Å². The fraction of sp³-hybridized carbons (Fsp3) is 0.471. The number of nitrogens with zero attached hydrogens (tertiary/aromatic N) is 3. The Bertz CT molecular complexity index is 653. The Balaban J connectivity index is 1.66. The first kappa shape index (κ1) is 16.1. The maximum absolute atomic E-state index is 11.7. The molecule has 0 saturated heterocycles. The first-order chi connectivity index (χ1) is 11.3. The van der Waals surface area contributed by atoms with Crippen molar-refractivity contribution in [3.8, 4) is 5.69 Å². The molecule has 2 aromatic rings. The molecule has 0 aliphatic heterocycles. The summed E-state index contributed by atoms with van der Waals surface area (Å²) in [4.78, 5) is 16.3. The summed E-state index contributed by atoms with van der Waals surface area (Å²) in [5.74, 6) is 1.55. The Hall–Kier alpha value is -1.82. The van der Waals surface area contributed by atoms with Gasteiger partial charge in [-0.05, 0) is 31.4 Å². The average molecular weight is 331 g/mol. The van der Waals surface area contributed by atoms with Gasteiger partial charge in [0.2, 0.25) is 5.16 Å². The number of rotatable bonds is 8. The van der Waals surface area contributed by atoms with Gasteiger partial charge in [0.1, 0.15) is 5.82 Å². The van der Waals surface area contributed by atoms with E-state index < -0.39 is 0 Å². The third kappa shape index (κ3) is 4.34. The van der Waals surface area contributed by atoms with Crippen LogP contribution in [-0.4, -0.2) is 33.1 Å². The molecule has 122 valence electrons. The van der Waals surface area contributed by atoms with Crippen molar-refractivity contribution in [3.63, 3.8) is 0 Å². The molecule has 1 fully saturated rings. The summed E-state index contributed by atoms with van der Waals surface area (Å²) < 4.78 is 7.07. The van der Waals surface area contributed by atoms with Crippen LogP contribution in [0.15, 0.2) is 35.5 Å². The number of hydrogen-bond donors (Lipinski definition) is 0. The zero-order chi connectivity index (χ0) is 16.1. The van der Waals surface area contributed by atoms with E-state index in [9.17, 15) is 4.79 Å². The quantitative estimate of drug-likeness (QED) is 0.420. The first-order valence-electron chi connectivity index (χ1n) is 8.08. The van der Waals surface area contributed by atoms with Crippen LogP contribution in [0.3, 0.4) is 0 Å². The van der Waals surface area contributed by atoms with Crippen LogP contribution in [0.25, 0.3) is 5.69 Å². The fourth-order valence-electron chi connectivity index (χ4n) is 2.23. The number of para-hydroxylation sites is 1. The van der Waals surface area contributed by atoms with Crippen molar-refractivity contribution in [1.29, 1.82) is 0 Å². The number of unbranched alkanes of at least 4 members (excludes halogenated alkanes) is 1. The van der Waals surface area contributed by atoms with Gasteiger partial charge in [-0.15, -0.1) is 5.10 Å². The van der Waals surface area contributed by atoms with Crippen LogP contribution in [-0.2, 0) is 9.53 Å². The van der Waals surface area contributed by atoms with Gasteiger partial charge in [-0.1, -0.05) is 43.3 Å². The van der Waals surface area contributed by atoms with Gasteiger partial charge in [-0.3, -0.25) is 4.79 Å². The van der Waals surface area contributed by atoms with Crippen LogP contribution >= 0.6 is 11.8 Å². The van der Waals surface area contributed by atoms with Crippen LogP contribution in [0.1, 0.15) is 44.3 Å². The van der Waals surface area contributed by atoms with E-state index in [4.69, 9.17) is 4.74 Å². The highest BCUT2D eigenvalue weighted by atomic mass is 32.2. The van der Waals surface area contributed by atoms with Crippen LogP contribution in [0.4, 0.5) is 0 Å². The molecule has 6 heteroatoms. The number of esters is 1. The molecular formula is C17H21N3O2S. The van der Waals surface area contributed by atoms with E-state index >= 15 is 0 Å². The summed E-state index contributed by atoms with van der Waals surface area (Å²) in [6.07, 6.45) is 4.25. The molecule has 0 unspecified atom stereocenters. The zero-order valence-corrected chi connectivity index (χ0v) is 14.1. The summed E-state index contributed by atoms with van der Waals surface area (Å²) >= 11 is 1.34. The van der Waals surface area contributed by atoms with Gasteiger partial charge in [0, 0.05) is 5.92 Å². The van der Waals surface area contributed by atoms with Crippen LogP contribution in [0, 0.1) is 0 Å². The van der Waals surface area contributed by atoms with Crippen molar-refractivity contribution in [1.82, 2.24) is 14.8 Å². The second kappa shape index (κ2) is 7.64. The van der Waals surface area contributed by atoms with E-state index in [2.05, 4.69) is 17.0 Å². The SMILES string of the molecule is CCCCOC(=O)CSc1nc(C2CC2)n(-c2ccccc2)n1. The highest BCUT2D eigenvalue weighted by Crippen LogP contribution is 2.40. The minimum absolute atomic E-state index is 0.201. The number of carbonyl (C=O) groups excluding carboxylic acids is 1. The maximum Gasteiger partial charge on any atom is 0.316 e. The molecule has 0 amide bonds. The van der Waals surface area contributed by atoms with Crippen molar-refractivity contribution >= 4 is 17.7 Å². The molecule has 1 aliphatic carbocycles. The number of benzene rings is 1. The van der Waals surface area contributed by atoms with Crippen molar-refractivity contribution < 1.29 is 9.53 Å². The molecule has 1 aromatic heterocycles. The topological polar surface area (TPSA) is 57.0 Å². The molecular weight excluding hydrogens is 310 g/mol. The van der Waals surface area contributed by atoms with E-state index in [1.54, 1.807) is 0 Å². The Morgan fingerprint density at radius 1 is 1.35 bits per heavy atom. The van der Waals surface area contributed by atoms with Crippen LogP contribution in [0.5, 0.6) is 0 Å². The lowest BCUT2D eigenvalue weighted by atomic mass is 10.3. The van der Waals surface area contributed by atoms with Gasteiger partial charge >= 0.3 is 5.97 Å². The van der Waals surface area contributed by atoms with Gasteiger partial charge in [-0.2, -0.15) is 0 Å². The number of thioether (sulfide) groups is 1. The number of hydrogen-bond acceptors (Lipinski definition) is 5. The van der Waals surface area contributed by atoms with Gasteiger partial charge < -0.3 is 4.74 Å². The number of carbonyl (C=O) groups is 1. The summed E-state index contributed by atoms with van der Waals surface area (Å²) in [5.41, 5.74) is 1.01. The Labute approximate surface area is 140 Å². The minimum atomic E-state index is -0.201. The summed E-state index contributed by atoms with van der Waals surface area (Å²) in [5, 5.41) is 5.21. The molecule has 0 bridgehead atoms. The molecule has 23 heavy (non-hydrogen) atoms. The minimum Gasteiger partial charge on any atom is -0.465 e. The van der Waals surface area contributed by atoms with E-state index in [-0.39, 0.29) is 11.7 Å². The summed E-state index contributed by atoms with van der Waals surface area (Å²) in [7, 11) is 0. The number of aromatic nitrogens is 3. The standard InChI is InChI=1S/C17H21N3O2S/c1-2-3-11-22-15(21)12-23-17-18-16(13-9-10-13)20(19-17)14-7-5-4-6-8-14/h4-8,13H,2-3,9-12H2,1H3. The molecule has 1 heterocycles. The Morgan fingerprint density at radius 2 is 2.13 bits per heavy atom. The normalized spacial score (nSPS) is 14.0. The zero-order valence-electron chi connectivity index (χ0n) is 13.3. The molecule has 0 radical (unpaired) electrons. The second-order valence-corrected chi connectivity index (χ2v) is 6.58.